The van der Waals surface area contributed by atoms with Gasteiger partial charge in [0.05, 0.1) is 5.69 Å². The highest BCUT2D eigenvalue weighted by molar-refractivity contribution is 7.89. The Morgan fingerprint density at radius 3 is 2.53 bits per heavy atom. The van der Waals surface area contributed by atoms with Gasteiger partial charge in [0.25, 0.3) is 0 Å². The molecule has 0 saturated carbocycles. The Balaban J connectivity index is 2.29. The van der Waals surface area contributed by atoms with Crippen molar-refractivity contribution in [2.75, 3.05) is 31.3 Å². The van der Waals surface area contributed by atoms with E-state index in [1.807, 2.05) is 5.01 Å². The van der Waals surface area contributed by atoms with Gasteiger partial charge in [-0.1, -0.05) is 6.42 Å². The molecule has 1 aliphatic heterocycles. The van der Waals surface area contributed by atoms with E-state index in [1.54, 1.807) is 12.1 Å². The van der Waals surface area contributed by atoms with Crippen molar-refractivity contribution in [3.63, 3.8) is 0 Å². The second-order valence-corrected chi connectivity index (χ2v) is 6.48. The van der Waals surface area contributed by atoms with Crippen LogP contribution in [0.15, 0.2) is 23.1 Å². The Kier molecular flexibility index (Phi) is 4.28. The van der Waals surface area contributed by atoms with Crippen LogP contribution in [0.25, 0.3) is 0 Å². The Morgan fingerprint density at radius 1 is 1.21 bits per heavy atom. The largest absolute Gasteiger partial charge is 0.399 e. The predicted molar refractivity (Wildman–Crippen MR) is 76.1 cm³/mol. The van der Waals surface area contributed by atoms with Crippen molar-refractivity contribution in [3.8, 4) is 0 Å². The minimum atomic E-state index is -3.52. The molecule has 2 rings (SSSR count). The number of rotatable bonds is 4. The zero-order valence-electron chi connectivity index (χ0n) is 11.0. The van der Waals surface area contributed by atoms with E-state index in [-0.39, 0.29) is 4.90 Å². The normalized spacial score (nSPS) is 17.3. The summed E-state index contributed by atoms with van der Waals surface area (Å²) in [6, 6.07) is 4.87. The molecule has 7 heteroatoms. The smallest absolute Gasteiger partial charge is 0.242 e. The Hall–Kier alpha value is -1.31. The molecule has 1 aliphatic rings. The SMILES string of the molecule is CNS(=O)(=O)c1cc(N)ccc1NN1CCCCC1. The number of nitrogens with zero attached hydrogens (tertiary/aromatic N) is 1. The molecule has 1 aromatic carbocycles. The Bertz CT molecular complexity index is 539. The maximum Gasteiger partial charge on any atom is 0.242 e. The highest BCUT2D eigenvalue weighted by Crippen LogP contribution is 2.25. The number of hydrogen-bond acceptors (Lipinski definition) is 5. The molecule has 1 saturated heterocycles. The number of anilines is 2. The van der Waals surface area contributed by atoms with Crippen LogP contribution in [0.5, 0.6) is 0 Å². The zero-order valence-corrected chi connectivity index (χ0v) is 11.8. The fraction of sp³-hybridized carbons (Fsp3) is 0.500. The Labute approximate surface area is 114 Å². The van der Waals surface area contributed by atoms with Gasteiger partial charge in [0.2, 0.25) is 10.0 Å². The van der Waals surface area contributed by atoms with Crippen LogP contribution < -0.4 is 15.9 Å². The van der Waals surface area contributed by atoms with Crippen molar-refractivity contribution in [2.45, 2.75) is 24.2 Å². The zero-order chi connectivity index (χ0) is 13.9. The Morgan fingerprint density at radius 2 is 1.89 bits per heavy atom. The van der Waals surface area contributed by atoms with Gasteiger partial charge in [0.1, 0.15) is 4.90 Å². The van der Waals surface area contributed by atoms with Gasteiger partial charge in [-0.3, -0.25) is 0 Å². The molecule has 6 nitrogen and oxygen atoms in total. The predicted octanol–water partition coefficient (Wildman–Crippen LogP) is 0.990. The lowest BCUT2D eigenvalue weighted by Gasteiger charge is -2.28. The molecular formula is C12H20N4O2S. The third kappa shape index (κ3) is 3.37. The first-order chi connectivity index (χ1) is 9.03. The molecular weight excluding hydrogens is 264 g/mol. The molecule has 106 valence electrons. The molecule has 4 N–H and O–H groups in total. The van der Waals surface area contributed by atoms with Gasteiger partial charge >= 0.3 is 0 Å². The summed E-state index contributed by atoms with van der Waals surface area (Å²) >= 11 is 0. The third-order valence-corrected chi connectivity index (χ3v) is 4.65. The lowest BCUT2D eigenvalue weighted by atomic mass is 10.2. The summed E-state index contributed by atoms with van der Waals surface area (Å²) < 4.78 is 26.3. The maximum atomic E-state index is 12.0. The summed E-state index contributed by atoms with van der Waals surface area (Å²) in [5.41, 5.74) is 9.84. The number of nitrogens with two attached hydrogens (primary N) is 1. The molecule has 1 heterocycles. The van der Waals surface area contributed by atoms with Crippen LogP contribution in [-0.4, -0.2) is 33.6 Å². The fourth-order valence-electron chi connectivity index (χ4n) is 2.14. The van der Waals surface area contributed by atoms with Crippen molar-refractivity contribution in [1.82, 2.24) is 9.73 Å². The highest BCUT2D eigenvalue weighted by Gasteiger charge is 2.19. The van der Waals surface area contributed by atoms with E-state index in [0.29, 0.717) is 11.4 Å². The molecule has 0 aliphatic carbocycles. The van der Waals surface area contributed by atoms with Crippen molar-refractivity contribution in [3.05, 3.63) is 18.2 Å². The van der Waals surface area contributed by atoms with Crippen LogP contribution in [-0.2, 0) is 10.0 Å². The van der Waals surface area contributed by atoms with E-state index in [2.05, 4.69) is 10.1 Å². The topological polar surface area (TPSA) is 87.5 Å². The second-order valence-electron chi connectivity index (χ2n) is 4.62. The minimum Gasteiger partial charge on any atom is -0.399 e. The number of benzene rings is 1. The van der Waals surface area contributed by atoms with Crippen molar-refractivity contribution in [2.24, 2.45) is 0 Å². The average Bonchev–Trinajstić information content (AvgIpc) is 2.42. The van der Waals surface area contributed by atoms with Gasteiger partial charge in [-0.15, -0.1) is 0 Å². The summed E-state index contributed by atoms with van der Waals surface area (Å²) in [6.07, 6.45) is 3.47. The molecule has 1 aromatic rings. The van der Waals surface area contributed by atoms with Crippen LogP contribution >= 0.6 is 0 Å². The molecule has 0 unspecified atom stereocenters. The summed E-state index contributed by atoms with van der Waals surface area (Å²) in [4.78, 5) is 0.181. The van der Waals surface area contributed by atoms with Crippen molar-refractivity contribution >= 4 is 21.4 Å². The lowest BCUT2D eigenvalue weighted by molar-refractivity contribution is 0.272. The highest BCUT2D eigenvalue weighted by atomic mass is 32.2. The molecule has 0 atom stereocenters. The van der Waals surface area contributed by atoms with E-state index < -0.39 is 10.0 Å². The van der Waals surface area contributed by atoms with E-state index in [0.717, 1.165) is 25.9 Å². The van der Waals surface area contributed by atoms with Crippen LogP contribution in [0.1, 0.15) is 19.3 Å². The van der Waals surface area contributed by atoms with Crippen molar-refractivity contribution in [1.29, 1.82) is 0 Å². The van der Waals surface area contributed by atoms with Crippen molar-refractivity contribution < 1.29 is 8.42 Å². The first-order valence-electron chi connectivity index (χ1n) is 6.37. The molecule has 0 radical (unpaired) electrons. The number of hydrogen-bond donors (Lipinski definition) is 3. The number of nitrogen functional groups attached to an aromatic ring is 1. The van der Waals surface area contributed by atoms with Crippen LogP contribution in [0, 0.1) is 0 Å². The standard InChI is InChI=1S/C12H20N4O2S/c1-14-19(17,18)12-9-10(13)5-6-11(12)15-16-7-3-2-4-8-16/h5-6,9,14-15H,2-4,7-8,13H2,1H3. The maximum absolute atomic E-state index is 12.0. The molecule has 0 spiro atoms. The summed E-state index contributed by atoms with van der Waals surface area (Å²) in [6.45, 7) is 1.84. The molecule has 19 heavy (non-hydrogen) atoms. The summed E-state index contributed by atoms with van der Waals surface area (Å²) in [5, 5.41) is 2.05. The van der Waals surface area contributed by atoms with Gasteiger partial charge in [-0.2, -0.15) is 0 Å². The van der Waals surface area contributed by atoms with E-state index in [9.17, 15) is 8.42 Å². The average molecular weight is 284 g/mol. The summed E-state index contributed by atoms with van der Waals surface area (Å²) in [5.74, 6) is 0. The molecule has 0 bridgehead atoms. The van der Waals surface area contributed by atoms with E-state index in [4.69, 9.17) is 5.73 Å². The van der Waals surface area contributed by atoms with Crippen LogP contribution in [0.2, 0.25) is 0 Å². The molecule has 1 fully saturated rings. The third-order valence-electron chi connectivity index (χ3n) is 3.20. The second kappa shape index (κ2) is 5.77. The lowest BCUT2D eigenvalue weighted by Crippen LogP contribution is -2.35. The number of nitrogens with one attached hydrogen (secondary N) is 2. The van der Waals surface area contributed by atoms with Gasteiger partial charge in [-0.25, -0.2) is 18.1 Å². The van der Waals surface area contributed by atoms with Gasteiger partial charge in [-0.05, 0) is 38.1 Å². The first-order valence-corrected chi connectivity index (χ1v) is 7.86. The van der Waals surface area contributed by atoms with E-state index >= 15 is 0 Å². The van der Waals surface area contributed by atoms with Gasteiger partial charge < -0.3 is 11.2 Å². The fourth-order valence-corrected chi connectivity index (χ4v) is 3.05. The van der Waals surface area contributed by atoms with Crippen LogP contribution in [0.3, 0.4) is 0 Å². The number of hydrazine groups is 1. The monoisotopic (exact) mass is 284 g/mol. The van der Waals surface area contributed by atoms with Crippen LogP contribution in [0.4, 0.5) is 11.4 Å². The minimum absolute atomic E-state index is 0.181. The van der Waals surface area contributed by atoms with Gasteiger partial charge in [0.15, 0.2) is 0 Å². The molecule has 0 amide bonds. The quantitative estimate of drug-likeness (QED) is 0.718. The van der Waals surface area contributed by atoms with Gasteiger partial charge in [0, 0.05) is 18.8 Å². The first kappa shape index (κ1) is 14.1. The number of sulfonamides is 1. The molecule has 0 aromatic heterocycles. The summed E-state index contributed by atoms with van der Waals surface area (Å²) in [7, 11) is -2.13. The number of piperidine rings is 1. The van der Waals surface area contributed by atoms with E-state index in [1.165, 1.54) is 19.5 Å².